The lowest BCUT2D eigenvalue weighted by atomic mass is 10.1. The SMILES string of the molecule is CCc1ccc(OP(C)(=O)Nc2c(C)cc(C)cc2C)cc1. The highest BCUT2D eigenvalue weighted by atomic mass is 31.2. The maximum Gasteiger partial charge on any atom is 0.338 e. The zero-order valence-corrected chi connectivity index (χ0v) is 14.8. The highest BCUT2D eigenvalue weighted by Crippen LogP contribution is 2.44. The lowest BCUT2D eigenvalue weighted by Crippen LogP contribution is -2.05. The van der Waals surface area contributed by atoms with Gasteiger partial charge in [0, 0.05) is 12.4 Å². The number of anilines is 1. The maximum absolute atomic E-state index is 12.8. The van der Waals surface area contributed by atoms with Crippen LogP contribution in [0.1, 0.15) is 29.2 Å². The van der Waals surface area contributed by atoms with Crippen LogP contribution in [0, 0.1) is 20.8 Å². The van der Waals surface area contributed by atoms with Gasteiger partial charge in [-0.05, 0) is 56.0 Å². The van der Waals surface area contributed by atoms with Crippen LogP contribution in [0.15, 0.2) is 36.4 Å². The van der Waals surface area contributed by atoms with Crippen molar-refractivity contribution in [1.82, 2.24) is 0 Å². The molecular formula is C18H24NO2P. The molecule has 0 bridgehead atoms. The average molecular weight is 317 g/mol. The van der Waals surface area contributed by atoms with Crippen molar-refractivity contribution >= 4 is 13.2 Å². The normalized spacial score (nSPS) is 13.5. The second-order valence-electron chi connectivity index (χ2n) is 5.82. The van der Waals surface area contributed by atoms with Crippen molar-refractivity contribution in [2.24, 2.45) is 0 Å². The molecule has 2 rings (SSSR count). The van der Waals surface area contributed by atoms with Crippen LogP contribution >= 0.6 is 7.52 Å². The zero-order chi connectivity index (χ0) is 16.3. The van der Waals surface area contributed by atoms with E-state index in [0.29, 0.717) is 5.75 Å². The number of benzene rings is 2. The van der Waals surface area contributed by atoms with Gasteiger partial charge >= 0.3 is 7.52 Å². The van der Waals surface area contributed by atoms with E-state index in [-0.39, 0.29) is 0 Å². The molecule has 0 aromatic heterocycles. The van der Waals surface area contributed by atoms with Gasteiger partial charge in [-0.1, -0.05) is 36.8 Å². The Hall–Kier alpha value is -1.73. The minimum Gasteiger partial charge on any atom is -0.429 e. The molecule has 0 fully saturated rings. The molecule has 0 heterocycles. The molecule has 2 aromatic carbocycles. The van der Waals surface area contributed by atoms with E-state index < -0.39 is 7.52 Å². The van der Waals surface area contributed by atoms with Gasteiger partial charge in [0.25, 0.3) is 0 Å². The van der Waals surface area contributed by atoms with Gasteiger partial charge in [0.15, 0.2) is 0 Å². The van der Waals surface area contributed by atoms with Crippen molar-refractivity contribution in [3.63, 3.8) is 0 Å². The molecule has 22 heavy (non-hydrogen) atoms. The maximum atomic E-state index is 12.8. The first-order valence-corrected chi connectivity index (χ1v) is 9.60. The zero-order valence-electron chi connectivity index (χ0n) is 13.9. The molecular weight excluding hydrogens is 293 g/mol. The molecule has 0 aliphatic rings. The lowest BCUT2D eigenvalue weighted by Gasteiger charge is -2.20. The van der Waals surface area contributed by atoms with Crippen LogP contribution in [-0.4, -0.2) is 6.66 Å². The minimum atomic E-state index is -2.98. The fraction of sp³-hybridized carbons (Fsp3) is 0.333. The Morgan fingerprint density at radius 3 is 2.09 bits per heavy atom. The van der Waals surface area contributed by atoms with Gasteiger partial charge < -0.3 is 9.61 Å². The molecule has 0 aliphatic heterocycles. The summed E-state index contributed by atoms with van der Waals surface area (Å²) in [4.78, 5) is 0. The van der Waals surface area contributed by atoms with Crippen LogP contribution in [-0.2, 0) is 11.0 Å². The number of rotatable bonds is 5. The van der Waals surface area contributed by atoms with Gasteiger partial charge in [0.1, 0.15) is 5.75 Å². The van der Waals surface area contributed by atoms with Crippen molar-refractivity contribution in [3.8, 4) is 5.75 Å². The summed E-state index contributed by atoms with van der Waals surface area (Å²) in [6.45, 7) is 9.79. The molecule has 0 saturated heterocycles. The summed E-state index contributed by atoms with van der Waals surface area (Å²) in [5.74, 6) is 0.623. The summed E-state index contributed by atoms with van der Waals surface area (Å²) in [5, 5.41) is 3.09. The standard InChI is InChI=1S/C18H24NO2P/c1-6-16-7-9-17(10-8-16)21-22(5,20)19-18-14(3)11-13(2)12-15(18)4/h7-12H,6H2,1-5H3,(H,19,20). The van der Waals surface area contributed by atoms with Gasteiger partial charge in [-0.2, -0.15) is 0 Å². The molecule has 0 amide bonds. The Bertz CT molecular complexity index is 685. The summed E-state index contributed by atoms with van der Waals surface area (Å²) in [5.41, 5.74) is 5.47. The van der Waals surface area contributed by atoms with E-state index in [0.717, 1.165) is 23.2 Å². The monoisotopic (exact) mass is 317 g/mol. The predicted molar refractivity (Wildman–Crippen MR) is 94.3 cm³/mol. The average Bonchev–Trinajstić information content (AvgIpc) is 2.43. The van der Waals surface area contributed by atoms with Crippen molar-refractivity contribution < 1.29 is 9.09 Å². The minimum absolute atomic E-state index is 0.623. The quantitative estimate of drug-likeness (QED) is 0.741. The first kappa shape index (κ1) is 16.6. The fourth-order valence-corrected chi connectivity index (χ4v) is 3.90. The van der Waals surface area contributed by atoms with Crippen LogP contribution in [0.5, 0.6) is 5.75 Å². The topological polar surface area (TPSA) is 38.3 Å². The summed E-state index contributed by atoms with van der Waals surface area (Å²) in [6, 6.07) is 11.9. The van der Waals surface area contributed by atoms with E-state index in [4.69, 9.17) is 4.52 Å². The second-order valence-corrected chi connectivity index (χ2v) is 7.92. The lowest BCUT2D eigenvalue weighted by molar-refractivity contribution is 0.493. The third-order valence-corrected chi connectivity index (χ3v) is 4.79. The Labute approximate surface area is 133 Å². The summed E-state index contributed by atoms with van der Waals surface area (Å²) in [6.07, 6.45) is 0.976. The molecule has 2 aromatic rings. The van der Waals surface area contributed by atoms with E-state index >= 15 is 0 Å². The van der Waals surface area contributed by atoms with Crippen LogP contribution < -0.4 is 9.61 Å². The first-order chi connectivity index (χ1) is 10.3. The van der Waals surface area contributed by atoms with Crippen molar-refractivity contribution in [3.05, 3.63) is 58.7 Å². The molecule has 0 saturated carbocycles. The summed E-state index contributed by atoms with van der Waals surface area (Å²) < 4.78 is 18.5. The highest BCUT2D eigenvalue weighted by Gasteiger charge is 2.19. The number of nitrogens with one attached hydrogen (secondary N) is 1. The van der Waals surface area contributed by atoms with E-state index in [1.165, 1.54) is 11.1 Å². The molecule has 3 nitrogen and oxygen atoms in total. The van der Waals surface area contributed by atoms with Crippen molar-refractivity contribution in [2.45, 2.75) is 34.1 Å². The highest BCUT2D eigenvalue weighted by molar-refractivity contribution is 7.60. The van der Waals surface area contributed by atoms with Gasteiger partial charge in [0.05, 0.1) is 0 Å². The van der Waals surface area contributed by atoms with Crippen LogP contribution in [0.2, 0.25) is 0 Å². The summed E-state index contributed by atoms with van der Waals surface area (Å²) >= 11 is 0. The Morgan fingerprint density at radius 1 is 1.05 bits per heavy atom. The Balaban J connectivity index is 2.18. The van der Waals surface area contributed by atoms with Gasteiger partial charge in [-0.25, -0.2) is 0 Å². The van der Waals surface area contributed by atoms with E-state index in [1.54, 1.807) is 6.66 Å². The summed E-state index contributed by atoms with van der Waals surface area (Å²) in [7, 11) is -2.98. The molecule has 0 radical (unpaired) electrons. The van der Waals surface area contributed by atoms with E-state index in [2.05, 4.69) is 31.1 Å². The molecule has 1 unspecified atom stereocenters. The largest absolute Gasteiger partial charge is 0.429 e. The molecule has 0 spiro atoms. The van der Waals surface area contributed by atoms with Crippen molar-refractivity contribution in [1.29, 1.82) is 0 Å². The molecule has 0 aliphatic carbocycles. The molecule has 4 heteroatoms. The van der Waals surface area contributed by atoms with E-state index in [1.807, 2.05) is 38.1 Å². The molecule has 118 valence electrons. The first-order valence-electron chi connectivity index (χ1n) is 7.53. The molecule has 1 N–H and O–H groups in total. The number of hydrogen-bond acceptors (Lipinski definition) is 2. The smallest absolute Gasteiger partial charge is 0.338 e. The van der Waals surface area contributed by atoms with Crippen molar-refractivity contribution in [2.75, 3.05) is 11.8 Å². The predicted octanol–water partition coefficient (Wildman–Crippen LogP) is 5.49. The van der Waals surface area contributed by atoms with Crippen LogP contribution in [0.3, 0.4) is 0 Å². The molecule has 1 atom stereocenters. The second kappa shape index (κ2) is 6.58. The number of hydrogen-bond donors (Lipinski definition) is 1. The Kier molecular flexibility index (Phi) is 4.97. The van der Waals surface area contributed by atoms with Crippen LogP contribution in [0.25, 0.3) is 0 Å². The Morgan fingerprint density at radius 2 is 1.59 bits per heavy atom. The van der Waals surface area contributed by atoms with Gasteiger partial charge in [0.2, 0.25) is 0 Å². The van der Waals surface area contributed by atoms with E-state index in [9.17, 15) is 4.57 Å². The third kappa shape index (κ3) is 4.14. The van der Waals surface area contributed by atoms with Crippen LogP contribution in [0.4, 0.5) is 5.69 Å². The van der Waals surface area contributed by atoms with Gasteiger partial charge in [-0.3, -0.25) is 4.57 Å². The third-order valence-electron chi connectivity index (χ3n) is 3.60. The fourth-order valence-electron chi connectivity index (χ4n) is 2.57. The number of aryl methyl sites for hydroxylation is 4. The van der Waals surface area contributed by atoms with Gasteiger partial charge in [-0.15, -0.1) is 0 Å².